The number of aryl methyl sites for hydroxylation is 1. The van der Waals surface area contributed by atoms with Gasteiger partial charge in [0.2, 0.25) is 5.91 Å². The normalized spacial score (nSPS) is 30.4. The van der Waals surface area contributed by atoms with Crippen LogP contribution in [0.15, 0.2) is 31.0 Å². The summed E-state index contributed by atoms with van der Waals surface area (Å²) in [7, 11) is 0. The fourth-order valence-electron chi connectivity index (χ4n) is 9.11. The van der Waals surface area contributed by atoms with Crippen molar-refractivity contribution >= 4 is 17.4 Å². The van der Waals surface area contributed by atoms with Crippen LogP contribution in [0.25, 0.3) is 0 Å². The molecule has 0 N–H and O–H groups in total. The molecule has 0 saturated carbocycles. The number of hydrogen-bond acceptors (Lipinski definition) is 8. The summed E-state index contributed by atoms with van der Waals surface area (Å²) in [5.74, 6) is 0.618. The van der Waals surface area contributed by atoms with Gasteiger partial charge in [0, 0.05) is 92.9 Å². The first-order valence-electron chi connectivity index (χ1n) is 16.5. The standard InChI is InChI=1S/C34H42F2N6O3/c1-4-28(43)40-14-12-39(13-15-40)26-18-42-24(26)7-5-6-23-25(42)16-27(38-30(23)32(35)36)41-11-9-33(17-22(41)3)29-21(2)8-10-37-31(29)34(45-33)19-44-20-34/h4,8,10,16,22,24,26,32H,1,5-7,9,11-15,17-20H2,2-3H3. The third-order valence-electron chi connectivity index (χ3n) is 11.4. The number of ether oxygens (including phenoxy) is 2. The molecule has 4 fully saturated rings. The molecule has 0 aromatic carbocycles. The molecule has 0 radical (unpaired) electrons. The van der Waals surface area contributed by atoms with Gasteiger partial charge >= 0.3 is 0 Å². The third kappa shape index (κ3) is 4.44. The lowest BCUT2D eigenvalue weighted by Crippen LogP contribution is -2.69. The fourth-order valence-corrected chi connectivity index (χ4v) is 9.11. The minimum Gasteiger partial charge on any atom is -0.374 e. The molecule has 1 amide bonds. The van der Waals surface area contributed by atoms with E-state index in [2.05, 4.69) is 52.2 Å². The number of piperazine rings is 1. The average Bonchev–Trinajstić information content (AvgIpc) is 3.22. The molecule has 2 aromatic heterocycles. The molecule has 6 aliphatic rings. The maximum atomic E-state index is 14.7. The second-order valence-electron chi connectivity index (χ2n) is 13.8. The van der Waals surface area contributed by atoms with E-state index < -0.39 is 17.6 Å². The molecule has 11 heteroatoms. The summed E-state index contributed by atoms with van der Waals surface area (Å²) in [5.41, 5.74) is 3.99. The highest BCUT2D eigenvalue weighted by Gasteiger charge is 2.60. The van der Waals surface area contributed by atoms with Crippen LogP contribution in [-0.4, -0.2) is 96.3 Å². The molecule has 4 saturated heterocycles. The van der Waals surface area contributed by atoms with E-state index in [-0.39, 0.29) is 23.7 Å². The highest BCUT2D eigenvalue weighted by atomic mass is 19.3. The van der Waals surface area contributed by atoms with Crippen LogP contribution < -0.4 is 9.80 Å². The summed E-state index contributed by atoms with van der Waals surface area (Å²) < 4.78 is 41.9. The second kappa shape index (κ2) is 10.7. The second-order valence-corrected chi connectivity index (χ2v) is 13.8. The Kier molecular flexibility index (Phi) is 6.96. The van der Waals surface area contributed by atoms with Crippen molar-refractivity contribution in [2.45, 2.75) is 81.7 Å². The number of fused-ring (bicyclic) bond motifs is 6. The van der Waals surface area contributed by atoms with Gasteiger partial charge in [0.05, 0.1) is 18.9 Å². The van der Waals surface area contributed by atoms with E-state index in [1.165, 1.54) is 17.2 Å². The highest BCUT2D eigenvalue weighted by Crippen LogP contribution is 2.56. The zero-order valence-corrected chi connectivity index (χ0v) is 26.2. The van der Waals surface area contributed by atoms with Gasteiger partial charge in [-0.15, -0.1) is 0 Å². The van der Waals surface area contributed by atoms with Crippen molar-refractivity contribution in [2.24, 2.45) is 0 Å². The number of hydrogen-bond donors (Lipinski definition) is 0. The number of carbonyl (C=O) groups excluding carboxylic acids is 1. The number of halogens is 2. The van der Waals surface area contributed by atoms with E-state index in [1.54, 1.807) is 0 Å². The van der Waals surface area contributed by atoms with Crippen molar-refractivity contribution in [3.8, 4) is 0 Å². The number of alkyl halides is 2. The molecule has 0 aliphatic carbocycles. The molecular formula is C34H42F2N6O3. The summed E-state index contributed by atoms with van der Waals surface area (Å²) in [6.07, 6.45) is 4.51. The summed E-state index contributed by atoms with van der Waals surface area (Å²) in [6, 6.07) is 4.80. The first-order chi connectivity index (χ1) is 21.7. The number of anilines is 2. The van der Waals surface area contributed by atoms with Crippen molar-refractivity contribution in [3.05, 3.63) is 59.1 Å². The van der Waals surface area contributed by atoms with Crippen LogP contribution in [0.1, 0.15) is 67.1 Å². The average molecular weight is 621 g/mol. The number of pyridine rings is 2. The van der Waals surface area contributed by atoms with Crippen LogP contribution in [0.5, 0.6) is 0 Å². The summed E-state index contributed by atoms with van der Waals surface area (Å²) in [4.78, 5) is 30.4. The predicted molar refractivity (Wildman–Crippen MR) is 166 cm³/mol. The molecule has 8 heterocycles. The van der Waals surface area contributed by atoms with E-state index in [1.807, 2.05) is 11.1 Å². The van der Waals surface area contributed by atoms with E-state index in [9.17, 15) is 13.6 Å². The van der Waals surface area contributed by atoms with Gasteiger partial charge in [-0.3, -0.25) is 14.7 Å². The Bertz CT molecular complexity index is 1530. The Morgan fingerprint density at radius 1 is 1.13 bits per heavy atom. The molecule has 45 heavy (non-hydrogen) atoms. The minimum atomic E-state index is -2.63. The molecule has 6 aliphatic heterocycles. The van der Waals surface area contributed by atoms with Crippen LogP contribution in [0.3, 0.4) is 0 Å². The number of aromatic nitrogens is 2. The molecule has 9 nitrogen and oxygen atoms in total. The van der Waals surface area contributed by atoms with Crippen molar-refractivity contribution in [3.63, 3.8) is 0 Å². The lowest BCUT2D eigenvalue weighted by Gasteiger charge is -2.55. The molecule has 4 unspecified atom stereocenters. The quantitative estimate of drug-likeness (QED) is 0.474. The zero-order valence-electron chi connectivity index (χ0n) is 26.2. The van der Waals surface area contributed by atoms with E-state index >= 15 is 0 Å². The van der Waals surface area contributed by atoms with Crippen molar-refractivity contribution < 1.29 is 23.0 Å². The minimum absolute atomic E-state index is 0.0160. The lowest BCUT2D eigenvalue weighted by molar-refractivity contribution is -0.262. The van der Waals surface area contributed by atoms with Gasteiger partial charge in [-0.05, 0) is 57.2 Å². The zero-order chi connectivity index (χ0) is 31.1. The van der Waals surface area contributed by atoms with Crippen LogP contribution in [0.4, 0.5) is 20.3 Å². The monoisotopic (exact) mass is 620 g/mol. The number of amides is 1. The molecule has 240 valence electrons. The van der Waals surface area contributed by atoms with Crippen LogP contribution in [0.2, 0.25) is 0 Å². The van der Waals surface area contributed by atoms with Gasteiger partial charge in [-0.2, -0.15) is 0 Å². The van der Waals surface area contributed by atoms with Crippen molar-refractivity contribution in [1.29, 1.82) is 0 Å². The SMILES string of the molecule is C=CC(=O)N1CCN(C2CN3c4cc(N5CCC6(CC5C)OC5(COC5)c5nccc(C)c56)nc(C(F)F)c4CCCC23)CC1. The maximum Gasteiger partial charge on any atom is 0.280 e. The first-order valence-corrected chi connectivity index (χ1v) is 16.5. The van der Waals surface area contributed by atoms with E-state index in [4.69, 9.17) is 14.5 Å². The molecule has 8 rings (SSSR count). The fraction of sp³-hybridized carbons (Fsp3) is 0.618. The number of carbonyl (C=O) groups is 1. The summed E-state index contributed by atoms with van der Waals surface area (Å²) >= 11 is 0. The van der Waals surface area contributed by atoms with Gasteiger partial charge in [0.15, 0.2) is 5.60 Å². The number of piperidine rings is 1. The number of rotatable bonds is 4. The Balaban J connectivity index is 1.06. The van der Waals surface area contributed by atoms with Crippen LogP contribution >= 0.6 is 0 Å². The van der Waals surface area contributed by atoms with Gasteiger partial charge in [-0.1, -0.05) is 6.58 Å². The largest absolute Gasteiger partial charge is 0.374 e. The van der Waals surface area contributed by atoms with Gasteiger partial charge < -0.3 is 24.2 Å². The topological polar surface area (TPSA) is 74.3 Å². The van der Waals surface area contributed by atoms with Gasteiger partial charge in [0.25, 0.3) is 6.43 Å². The van der Waals surface area contributed by atoms with E-state index in [0.29, 0.717) is 56.7 Å². The van der Waals surface area contributed by atoms with Crippen molar-refractivity contribution in [2.75, 3.05) is 62.3 Å². The maximum absolute atomic E-state index is 14.7. The number of nitrogens with zero attached hydrogens (tertiary/aromatic N) is 6. The molecule has 2 aromatic rings. The van der Waals surface area contributed by atoms with Crippen LogP contribution in [0, 0.1) is 6.92 Å². The lowest BCUT2D eigenvalue weighted by atomic mass is 9.79. The Morgan fingerprint density at radius 2 is 1.93 bits per heavy atom. The van der Waals surface area contributed by atoms with E-state index in [0.717, 1.165) is 56.7 Å². The summed E-state index contributed by atoms with van der Waals surface area (Å²) in [6.45, 7) is 13.4. The van der Waals surface area contributed by atoms with Gasteiger partial charge in [0.1, 0.15) is 17.1 Å². The molecule has 4 atom stereocenters. The highest BCUT2D eigenvalue weighted by molar-refractivity contribution is 5.87. The molecule has 0 bridgehead atoms. The Labute approximate surface area is 263 Å². The molecule has 2 spiro atoms. The smallest absolute Gasteiger partial charge is 0.280 e. The van der Waals surface area contributed by atoms with Crippen LogP contribution in [-0.2, 0) is 31.9 Å². The third-order valence-corrected chi connectivity index (χ3v) is 11.4. The Hall–Kier alpha value is -3.15. The summed E-state index contributed by atoms with van der Waals surface area (Å²) in [5, 5.41) is 0. The van der Waals surface area contributed by atoms with Gasteiger partial charge in [-0.25, -0.2) is 13.8 Å². The Morgan fingerprint density at radius 3 is 2.62 bits per heavy atom. The van der Waals surface area contributed by atoms with Crippen molar-refractivity contribution in [1.82, 2.24) is 19.8 Å². The molecular weight excluding hydrogens is 578 g/mol. The first kappa shape index (κ1) is 29.3. The predicted octanol–water partition coefficient (Wildman–Crippen LogP) is 4.09.